The molecule has 14 heavy (non-hydrogen) atoms. The van der Waals surface area contributed by atoms with Gasteiger partial charge in [-0.05, 0) is 20.0 Å². The number of likely N-dealkylation sites (N-methyl/N-ethyl adjacent to an activating group) is 1. The van der Waals surface area contributed by atoms with Crippen LogP contribution in [0.1, 0.15) is 13.8 Å². The van der Waals surface area contributed by atoms with Gasteiger partial charge in [-0.2, -0.15) is 0 Å². The Labute approximate surface area is 88.0 Å². The zero-order chi connectivity index (χ0) is 10.6. The van der Waals surface area contributed by atoms with Crippen LogP contribution in [0, 0.1) is 5.92 Å². The zero-order valence-corrected chi connectivity index (χ0v) is 9.99. The molecular weight excluding hydrogens is 176 g/mol. The molecule has 0 saturated carbocycles. The van der Waals surface area contributed by atoms with E-state index < -0.39 is 0 Å². The van der Waals surface area contributed by atoms with Gasteiger partial charge in [-0.25, -0.2) is 0 Å². The molecule has 0 bridgehead atoms. The molecule has 0 aromatic carbocycles. The van der Waals surface area contributed by atoms with E-state index in [1.807, 2.05) is 0 Å². The minimum absolute atomic E-state index is 0.436. The Balaban J connectivity index is 2.25. The molecule has 0 aliphatic carbocycles. The molecule has 1 aliphatic heterocycles. The second kappa shape index (κ2) is 5.69. The maximum atomic E-state index is 5.72. The minimum atomic E-state index is 0.436. The number of hydrogen-bond donors (Lipinski definition) is 0. The third-order valence-corrected chi connectivity index (χ3v) is 2.78. The monoisotopic (exact) mass is 200 g/mol. The fourth-order valence-corrected chi connectivity index (χ4v) is 1.68. The molecule has 0 radical (unpaired) electrons. The average Bonchev–Trinajstić information content (AvgIpc) is 2.15. The Morgan fingerprint density at radius 2 is 2.14 bits per heavy atom. The quantitative estimate of drug-likeness (QED) is 0.671. The molecule has 0 aromatic heterocycles. The van der Waals surface area contributed by atoms with E-state index >= 15 is 0 Å². The molecule has 1 fully saturated rings. The van der Waals surface area contributed by atoms with E-state index in [-0.39, 0.29) is 0 Å². The Kier molecular flexibility index (Phi) is 4.85. The lowest BCUT2D eigenvalue weighted by Gasteiger charge is -2.35. The van der Waals surface area contributed by atoms with Gasteiger partial charge in [-0.1, -0.05) is 13.8 Å². The molecule has 1 heterocycles. The van der Waals surface area contributed by atoms with Crippen LogP contribution >= 0.6 is 0 Å². The van der Waals surface area contributed by atoms with Gasteiger partial charge in [0.1, 0.15) is 0 Å². The summed E-state index contributed by atoms with van der Waals surface area (Å²) >= 11 is 0. The first-order chi connectivity index (χ1) is 6.59. The molecule has 1 aliphatic rings. The number of ether oxygens (including phenoxy) is 1. The fourth-order valence-electron chi connectivity index (χ4n) is 1.68. The highest BCUT2D eigenvalue weighted by atomic mass is 16.5. The molecule has 3 nitrogen and oxygen atoms in total. The van der Waals surface area contributed by atoms with Crippen molar-refractivity contribution in [3.05, 3.63) is 0 Å². The highest BCUT2D eigenvalue weighted by Gasteiger charge is 2.22. The first-order valence-electron chi connectivity index (χ1n) is 5.58. The molecule has 0 spiro atoms. The lowest BCUT2D eigenvalue weighted by atomic mass is 10.1. The molecule has 0 N–H and O–H groups in total. The van der Waals surface area contributed by atoms with Crippen molar-refractivity contribution in [2.45, 2.75) is 20.0 Å². The van der Waals surface area contributed by atoms with Gasteiger partial charge < -0.3 is 9.64 Å². The maximum absolute atomic E-state index is 5.72. The van der Waals surface area contributed by atoms with Gasteiger partial charge in [0.15, 0.2) is 0 Å². The van der Waals surface area contributed by atoms with Crippen LogP contribution in [-0.2, 0) is 4.74 Å². The molecule has 0 aromatic rings. The van der Waals surface area contributed by atoms with Gasteiger partial charge in [0.05, 0.1) is 12.7 Å². The average molecular weight is 200 g/mol. The number of hydrogen-bond acceptors (Lipinski definition) is 3. The first kappa shape index (κ1) is 12.0. The summed E-state index contributed by atoms with van der Waals surface area (Å²) in [6, 6.07) is 0. The van der Waals surface area contributed by atoms with E-state index in [0.29, 0.717) is 12.0 Å². The number of morpholine rings is 1. The van der Waals surface area contributed by atoms with E-state index in [1.54, 1.807) is 0 Å². The minimum Gasteiger partial charge on any atom is -0.375 e. The summed E-state index contributed by atoms with van der Waals surface area (Å²) in [6.07, 6.45) is 0.436. The van der Waals surface area contributed by atoms with Crippen LogP contribution in [0.2, 0.25) is 0 Å². The van der Waals surface area contributed by atoms with Crippen LogP contribution in [0.3, 0.4) is 0 Å². The highest BCUT2D eigenvalue weighted by molar-refractivity contribution is 4.74. The summed E-state index contributed by atoms with van der Waals surface area (Å²) in [4.78, 5) is 4.74. The highest BCUT2D eigenvalue weighted by Crippen LogP contribution is 2.12. The third kappa shape index (κ3) is 3.95. The van der Waals surface area contributed by atoms with Crippen molar-refractivity contribution in [2.24, 2.45) is 5.92 Å². The number of nitrogens with zero attached hydrogens (tertiary/aromatic N) is 2. The van der Waals surface area contributed by atoms with Crippen molar-refractivity contribution >= 4 is 0 Å². The fraction of sp³-hybridized carbons (Fsp3) is 1.00. The van der Waals surface area contributed by atoms with Crippen molar-refractivity contribution in [1.82, 2.24) is 9.80 Å². The Morgan fingerprint density at radius 3 is 2.71 bits per heavy atom. The molecule has 1 saturated heterocycles. The van der Waals surface area contributed by atoms with E-state index in [2.05, 4.69) is 37.7 Å². The van der Waals surface area contributed by atoms with Crippen LogP contribution in [0.4, 0.5) is 0 Å². The lowest BCUT2D eigenvalue weighted by Crippen LogP contribution is -2.46. The summed E-state index contributed by atoms with van der Waals surface area (Å²) in [6.45, 7) is 9.88. The van der Waals surface area contributed by atoms with E-state index in [4.69, 9.17) is 4.74 Å². The van der Waals surface area contributed by atoms with Crippen molar-refractivity contribution in [2.75, 3.05) is 46.9 Å². The SMILES string of the molecule is CC(C)C1CN(CCN(C)C)CCO1. The van der Waals surface area contributed by atoms with E-state index in [0.717, 1.165) is 26.2 Å². The summed E-state index contributed by atoms with van der Waals surface area (Å²) in [5.41, 5.74) is 0. The topological polar surface area (TPSA) is 15.7 Å². The van der Waals surface area contributed by atoms with Crippen LogP contribution in [0.25, 0.3) is 0 Å². The smallest absolute Gasteiger partial charge is 0.0725 e. The molecule has 1 atom stereocenters. The van der Waals surface area contributed by atoms with Crippen molar-refractivity contribution in [3.8, 4) is 0 Å². The standard InChI is InChI=1S/C11H24N2O/c1-10(2)11-9-13(7-8-14-11)6-5-12(3)4/h10-11H,5-9H2,1-4H3. The van der Waals surface area contributed by atoms with Gasteiger partial charge in [0.25, 0.3) is 0 Å². The predicted molar refractivity (Wildman–Crippen MR) is 59.6 cm³/mol. The first-order valence-corrected chi connectivity index (χ1v) is 5.58. The molecule has 3 heteroatoms. The molecule has 0 amide bonds. The van der Waals surface area contributed by atoms with Gasteiger partial charge in [-0.3, -0.25) is 4.90 Å². The van der Waals surface area contributed by atoms with Gasteiger partial charge >= 0.3 is 0 Å². The van der Waals surface area contributed by atoms with E-state index in [9.17, 15) is 0 Å². The van der Waals surface area contributed by atoms with Gasteiger partial charge in [0, 0.05) is 26.2 Å². The van der Waals surface area contributed by atoms with Crippen LogP contribution in [0.15, 0.2) is 0 Å². The summed E-state index contributed by atoms with van der Waals surface area (Å²) in [7, 11) is 4.25. The largest absolute Gasteiger partial charge is 0.375 e. The van der Waals surface area contributed by atoms with Gasteiger partial charge in [-0.15, -0.1) is 0 Å². The van der Waals surface area contributed by atoms with Crippen molar-refractivity contribution in [1.29, 1.82) is 0 Å². The Bertz CT molecular complexity index is 159. The van der Waals surface area contributed by atoms with Crippen LogP contribution < -0.4 is 0 Å². The molecule has 84 valence electrons. The third-order valence-electron chi connectivity index (χ3n) is 2.78. The lowest BCUT2D eigenvalue weighted by molar-refractivity contribution is -0.0512. The molecule has 1 unspecified atom stereocenters. The predicted octanol–water partition coefficient (Wildman–Crippen LogP) is 0.905. The van der Waals surface area contributed by atoms with E-state index in [1.165, 1.54) is 6.54 Å². The van der Waals surface area contributed by atoms with Crippen molar-refractivity contribution in [3.63, 3.8) is 0 Å². The number of rotatable bonds is 4. The van der Waals surface area contributed by atoms with Crippen LogP contribution in [0.5, 0.6) is 0 Å². The summed E-state index contributed by atoms with van der Waals surface area (Å²) in [5, 5.41) is 0. The normalized spacial score (nSPS) is 24.9. The maximum Gasteiger partial charge on any atom is 0.0725 e. The van der Waals surface area contributed by atoms with Gasteiger partial charge in [0.2, 0.25) is 0 Å². The summed E-state index contributed by atoms with van der Waals surface area (Å²) < 4.78 is 5.72. The second-order valence-corrected chi connectivity index (χ2v) is 4.76. The summed E-state index contributed by atoms with van der Waals surface area (Å²) in [5.74, 6) is 0.636. The zero-order valence-electron chi connectivity index (χ0n) is 9.99. The molecular formula is C11H24N2O. The second-order valence-electron chi connectivity index (χ2n) is 4.76. The molecule has 1 rings (SSSR count). The van der Waals surface area contributed by atoms with Crippen molar-refractivity contribution < 1.29 is 4.74 Å². The van der Waals surface area contributed by atoms with Crippen LogP contribution in [-0.4, -0.2) is 62.8 Å². The Morgan fingerprint density at radius 1 is 1.43 bits per heavy atom. The Hall–Kier alpha value is -0.120.